The molecule has 0 aliphatic heterocycles. The second-order valence-electron chi connectivity index (χ2n) is 1.77. The number of allylic oxidation sites excluding steroid dienone is 1. The van der Waals surface area contributed by atoms with Gasteiger partial charge < -0.3 is 14.8 Å². The first kappa shape index (κ1) is 9.93. The van der Waals surface area contributed by atoms with Crippen molar-refractivity contribution in [3.05, 3.63) is 24.0 Å². The van der Waals surface area contributed by atoms with Crippen molar-refractivity contribution in [1.29, 1.82) is 0 Å². The molecule has 0 heterocycles. The summed E-state index contributed by atoms with van der Waals surface area (Å²) in [5.74, 6) is 0.160. The summed E-state index contributed by atoms with van der Waals surface area (Å²) in [6, 6.07) is 0. The van der Waals surface area contributed by atoms with Gasteiger partial charge in [-0.2, -0.15) is 0 Å². The molecule has 11 heavy (non-hydrogen) atoms. The summed E-state index contributed by atoms with van der Waals surface area (Å²) in [4.78, 5) is 3.35. The summed E-state index contributed by atoms with van der Waals surface area (Å²) in [5, 5.41) is 17.4. The summed E-state index contributed by atoms with van der Waals surface area (Å²) in [6.45, 7) is 6.57. The molecule has 0 radical (unpaired) electrons. The molecule has 0 bridgehead atoms. The van der Waals surface area contributed by atoms with Crippen molar-refractivity contribution in [2.24, 2.45) is 4.99 Å². The van der Waals surface area contributed by atoms with E-state index in [9.17, 15) is 0 Å². The molecule has 0 rings (SSSR count). The van der Waals surface area contributed by atoms with Crippen molar-refractivity contribution < 1.29 is 14.8 Å². The molecule has 0 fully saturated rings. The van der Waals surface area contributed by atoms with Gasteiger partial charge >= 0.3 is 7.12 Å². The quantitative estimate of drug-likeness (QED) is 0.254. The van der Waals surface area contributed by atoms with Crippen LogP contribution >= 0.6 is 0 Å². The minimum Gasteiger partial charge on any atom is -0.498 e. The highest BCUT2D eigenvalue weighted by Gasteiger charge is 2.17. The van der Waals surface area contributed by atoms with Crippen LogP contribution in [0, 0.1) is 0 Å². The Morgan fingerprint density at radius 2 is 2.18 bits per heavy atom. The van der Waals surface area contributed by atoms with E-state index in [-0.39, 0.29) is 11.2 Å². The van der Waals surface area contributed by atoms with Crippen LogP contribution in [0.4, 0.5) is 0 Å². The van der Waals surface area contributed by atoms with Crippen LogP contribution in [0.25, 0.3) is 0 Å². The number of hydrogen-bond acceptors (Lipinski definition) is 4. The molecular weight excluding hydrogens is 145 g/mol. The zero-order valence-corrected chi connectivity index (χ0v) is 6.32. The van der Waals surface area contributed by atoms with E-state index in [0.717, 1.165) is 0 Å². The average molecular weight is 155 g/mol. The van der Waals surface area contributed by atoms with E-state index in [4.69, 9.17) is 10.0 Å². The maximum Gasteiger partial charge on any atom is 0.493 e. The second-order valence-corrected chi connectivity index (χ2v) is 1.77. The van der Waals surface area contributed by atoms with Crippen LogP contribution in [0.2, 0.25) is 0 Å². The first-order chi connectivity index (χ1) is 5.13. The minimum atomic E-state index is -1.63. The topological polar surface area (TPSA) is 62.1 Å². The molecule has 0 amide bonds. The molecule has 0 saturated carbocycles. The Balaban J connectivity index is 4.47. The van der Waals surface area contributed by atoms with E-state index in [1.807, 2.05) is 0 Å². The molecular formula is C6H10BNO3. The van der Waals surface area contributed by atoms with Gasteiger partial charge in [-0.05, 0) is 6.72 Å². The second kappa shape index (κ2) is 4.70. The molecule has 0 unspecified atom stereocenters. The molecule has 0 aromatic carbocycles. The largest absolute Gasteiger partial charge is 0.498 e. The summed E-state index contributed by atoms with van der Waals surface area (Å²) < 4.78 is 4.66. The number of rotatable bonds is 4. The average Bonchev–Trinajstić information content (AvgIpc) is 1.98. The van der Waals surface area contributed by atoms with Crippen molar-refractivity contribution in [2.45, 2.75) is 0 Å². The number of nitrogens with zero attached hydrogens (tertiary/aromatic N) is 1. The standard InChI is InChI=1S/C6H10BNO3/c1-5(11-3)6(4-8-2)7(9)10/h4,9-10H,1-2H2,3H3/b6-4+. The van der Waals surface area contributed by atoms with Gasteiger partial charge in [0.15, 0.2) is 0 Å². The van der Waals surface area contributed by atoms with E-state index < -0.39 is 7.12 Å². The third-order valence-electron chi connectivity index (χ3n) is 1.08. The first-order valence-corrected chi connectivity index (χ1v) is 2.88. The fourth-order valence-corrected chi connectivity index (χ4v) is 0.499. The van der Waals surface area contributed by atoms with Gasteiger partial charge in [-0.1, -0.05) is 6.58 Å². The highest BCUT2D eigenvalue weighted by atomic mass is 16.5. The Morgan fingerprint density at radius 3 is 2.45 bits per heavy atom. The zero-order chi connectivity index (χ0) is 8.85. The molecule has 0 aliphatic carbocycles. The monoisotopic (exact) mass is 155 g/mol. The van der Waals surface area contributed by atoms with Crippen LogP contribution in [0.1, 0.15) is 0 Å². The zero-order valence-electron chi connectivity index (χ0n) is 6.32. The lowest BCUT2D eigenvalue weighted by Gasteiger charge is -2.06. The van der Waals surface area contributed by atoms with E-state index in [1.54, 1.807) is 0 Å². The summed E-state index contributed by atoms with van der Waals surface area (Å²) in [6.07, 6.45) is 1.18. The molecule has 0 aromatic heterocycles. The third-order valence-corrected chi connectivity index (χ3v) is 1.08. The molecule has 5 heteroatoms. The molecule has 0 aliphatic rings. The molecule has 0 atom stereocenters. The molecule has 60 valence electrons. The van der Waals surface area contributed by atoms with Gasteiger partial charge in [0, 0.05) is 11.7 Å². The maximum atomic E-state index is 8.70. The van der Waals surface area contributed by atoms with Crippen LogP contribution in [0.15, 0.2) is 29.0 Å². The summed E-state index contributed by atoms with van der Waals surface area (Å²) >= 11 is 0. The molecule has 4 nitrogen and oxygen atoms in total. The SMILES string of the molecule is C=N/C=C(/B(O)O)C(=C)OC. The Hall–Kier alpha value is -1.07. The van der Waals surface area contributed by atoms with Gasteiger partial charge in [-0.15, -0.1) is 0 Å². The van der Waals surface area contributed by atoms with E-state index in [1.165, 1.54) is 13.3 Å². The Labute approximate surface area is 65.7 Å². The van der Waals surface area contributed by atoms with Crippen molar-refractivity contribution >= 4 is 13.8 Å². The van der Waals surface area contributed by atoms with Gasteiger partial charge in [0.05, 0.1) is 7.11 Å². The van der Waals surface area contributed by atoms with E-state index in [2.05, 4.69) is 23.0 Å². The van der Waals surface area contributed by atoms with Crippen molar-refractivity contribution in [1.82, 2.24) is 0 Å². The van der Waals surface area contributed by atoms with Gasteiger partial charge in [0.1, 0.15) is 5.76 Å². The lowest BCUT2D eigenvalue weighted by molar-refractivity contribution is 0.300. The lowest BCUT2D eigenvalue weighted by Crippen LogP contribution is -2.17. The molecule has 0 spiro atoms. The minimum absolute atomic E-state index is 0.0995. The highest BCUT2D eigenvalue weighted by Crippen LogP contribution is 2.08. The van der Waals surface area contributed by atoms with Gasteiger partial charge in [-0.3, -0.25) is 4.99 Å². The first-order valence-electron chi connectivity index (χ1n) is 2.88. The molecule has 2 N–H and O–H groups in total. The van der Waals surface area contributed by atoms with Crippen LogP contribution in [-0.4, -0.2) is 31.0 Å². The van der Waals surface area contributed by atoms with Gasteiger partial charge in [-0.25, -0.2) is 0 Å². The fraction of sp³-hybridized carbons (Fsp3) is 0.167. The van der Waals surface area contributed by atoms with Gasteiger partial charge in [0.2, 0.25) is 0 Å². The fourth-order valence-electron chi connectivity index (χ4n) is 0.499. The molecule has 0 aromatic rings. The number of hydrogen-bond donors (Lipinski definition) is 2. The van der Waals surface area contributed by atoms with Crippen molar-refractivity contribution in [2.75, 3.05) is 7.11 Å². The van der Waals surface area contributed by atoms with E-state index in [0.29, 0.717) is 0 Å². The highest BCUT2D eigenvalue weighted by molar-refractivity contribution is 6.52. The number of methoxy groups -OCH3 is 1. The van der Waals surface area contributed by atoms with Crippen LogP contribution in [0.5, 0.6) is 0 Å². The number of ether oxygens (including phenoxy) is 1. The number of aliphatic imine (C=N–C) groups is 1. The lowest BCUT2D eigenvalue weighted by atomic mass is 9.79. The Bertz CT molecular complexity index is 188. The third kappa shape index (κ3) is 3.02. The normalized spacial score (nSPS) is 10.6. The Kier molecular flexibility index (Phi) is 4.25. The van der Waals surface area contributed by atoms with Gasteiger partial charge in [0.25, 0.3) is 0 Å². The molecule has 0 saturated heterocycles. The smallest absolute Gasteiger partial charge is 0.493 e. The Morgan fingerprint density at radius 1 is 1.64 bits per heavy atom. The summed E-state index contributed by atoms with van der Waals surface area (Å²) in [5.41, 5.74) is 0.0995. The summed E-state index contributed by atoms with van der Waals surface area (Å²) in [7, 11) is -0.255. The van der Waals surface area contributed by atoms with E-state index >= 15 is 0 Å². The van der Waals surface area contributed by atoms with Crippen LogP contribution in [-0.2, 0) is 4.74 Å². The van der Waals surface area contributed by atoms with Crippen LogP contribution in [0.3, 0.4) is 0 Å². The van der Waals surface area contributed by atoms with Crippen molar-refractivity contribution in [3.63, 3.8) is 0 Å². The van der Waals surface area contributed by atoms with Crippen molar-refractivity contribution in [3.8, 4) is 0 Å². The predicted octanol–water partition coefficient (Wildman–Crippen LogP) is -0.257. The van der Waals surface area contributed by atoms with Crippen LogP contribution < -0.4 is 0 Å². The maximum absolute atomic E-state index is 8.70. The predicted molar refractivity (Wildman–Crippen MR) is 44.0 cm³/mol.